The van der Waals surface area contributed by atoms with Crippen LogP contribution in [-0.4, -0.2) is 68.2 Å². The molecule has 0 radical (unpaired) electrons. The first-order valence-corrected chi connectivity index (χ1v) is 13.3. The van der Waals surface area contributed by atoms with E-state index in [1.165, 1.54) is 11.1 Å². The highest BCUT2D eigenvalue weighted by Crippen LogP contribution is 2.23. The molecule has 0 unspecified atom stereocenters. The van der Waals surface area contributed by atoms with Gasteiger partial charge in [0.05, 0.1) is 34.5 Å². The van der Waals surface area contributed by atoms with Gasteiger partial charge in [0.1, 0.15) is 36.1 Å². The molecule has 2 aromatic carbocycles. The van der Waals surface area contributed by atoms with Gasteiger partial charge in [-0.2, -0.15) is 0 Å². The SMILES string of the molecule is Cc1ccc2nc(-c3ccc(OCCN(C)CCOc4ccc(-c5nc6ccc(C)cc6[nH]5)nc4)cn3)[nH]c2c1. The van der Waals surface area contributed by atoms with Gasteiger partial charge < -0.3 is 19.4 Å². The molecular weight excluding hydrogens is 502 g/mol. The number of aromatic amines is 2. The lowest BCUT2D eigenvalue weighted by Crippen LogP contribution is -2.28. The van der Waals surface area contributed by atoms with Gasteiger partial charge in [0.25, 0.3) is 0 Å². The first-order valence-electron chi connectivity index (χ1n) is 13.3. The van der Waals surface area contributed by atoms with Crippen molar-refractivity contribution in [1.29, 1.82) is 0 Å². The molecule has 0 bridgehead atoms. The molecule has 0 fully saturated rings. The summed E-state index contributed by atoms with van der Waals surface area (Å²) in [5, 5.41) is 0. The van der Waals surface area contributed by atoms with Crippen molar-refractivity contribution in [2.24, 2.45) is 0 Å². The van der Waals surface area contributed by atoms with Gasteiger partial charge in [-0.25, -0.2) is 19.9 Å². The van der Waals surface area contributed by atoms with E-state index < -0.39 is 0 Å². The molecule has 9 heteroatoms. The number of hydrogen-bond acceptors (Lipinski definition) is 7. The van der Waals surface area contributed by atoms with Crippen LogP contribution in [0.15, 0.2) is 73.1 Å². The first kappa shape index (κ1) is 25.5. The molecule has 0 saturated heterocycles. The van der Waals surface area contributed by atoms with Gasteiger partial charge >= 0.3 is 0 Å². The smallest absolute Gasteiger partial charge is 0.157 e. The zero-order chi connectivity index (χ0) is 27.5. The molecule has 0 saturated carbocycles. The number of nitrogens with one attached hydrogen (secondary N) is 2. The summed E-state index contributed by atoms with van der Waals surface area (Å²) in [5.41, 5.74) is 7.83. The number of hydrogen-bond donors (Lipinski definition) is 2. The second-order valence-corrected chi connectivity index (χ2v) is 9.97. The number of nitrogens with zero attached hydrogens (tertiary/aromatic N) is 5. The number of aromatic nitrogens is 6. The first-order chi connectivity index (χ1) is 19.5. The highest BCUT2D eigenvalue weighted by Gasteiger charge is 2.09. The molecule has 0 atom stereocenters. The fourth-order valence-corrected chi connectivity index (χ4v) is 4.45. The van der Waals surface area contributed by atoms with Crippen LogP contribution in [0.5, 0.6) is 11.5 Å². The quantitative estimate of drug-likeness (QED) is 0.237. The number of aryl methyl sites for hydroxylation is 2. The number of likely N-dealkylation sites (N-methyl/N-ethyl adjacent to an activating group) is 1. The number of ether oxygens (including phenoxy) is 2. The number of imidazole rings is 2. The number of pyridine rings is 2. The minimum atomic E-state index is 0.550. The van der Waals surface area contributed by atoms with Crippen LogP contribution >= 0.6 is 0 Å². The molecule has 202 valence electrons. The highest BCUT2D eigenvalue weighted by atomic mass is 16.5. The lowest BCUT2D eigenvalue weighted by Gasteiger charge is -2.17. The summed E-state index contributed by atoms with van der Waals surface area (Å²) in [4.78, 5) is 27.1. The maximum Gasteiger partial charge on any atom is 0.157 e. The zero-order valence-corrected chi connectivity index (χ0v) is 22.8. The summed E-state index contributed by atoms with van der Waals surface area (Å²) in [5.74, 6) is 2.96. The van der Waals surface area contributed by atoms with Crippen LogP contribution < -0.4 is 9.47 Å². The van der Waals surface area contributed by atoms with Gasteiger partial charge in [0.15, 0.2) is 11.6 Å². The van der Waals surface area contributed by atoms with Crippen LogP contribution in [0, 0.1) is 13.8 Å². The van der Waals surface area contributed by atoms with Gasteiger partial charge in [-0.15, -0.1) is 0 Å². The Hall–Kier alpha value is -4.76. The van der Waals surface area contributed by atoms with Gasteiger partial charge in [-0.1, -0.05) is 12.1 Å². The summed E-state index contributed by atoms with van der Waals surface area (Å²) < 4.78 is 11.8. The van der Waals surface area contributed by atoms with E-state index in [4.69, 9.17) is 9.47 Å². The van der Waals surface area contributed by atoms with E-state index in [0.717, 1.165) is 69.7 Å². The normalized spacial score (nSPS) is 11.5. The van der Waals surface area contributed by atoms with E-state index in [0.29, 0.717) is 13.2 Å². The number of H-pyrrole nitrogens is 2. The molecule has 6 aromatic rings. The molecule has 4 aromatic heterocycles. The van der Waals surface area contributed by atoms with Gasteiger partial charge in [-0.3, -0.25) is 4.90 Å². The fraction of sp³-hybridized carbons (Fsp3) is 0.226. The monoisotopic (exact) mass is 533 g/mol. The maximum atomic E-state index is 5.90. The van der Waals surface area contributed by atoms with Crippen molar-refractivity contribution < 1.29 is 9.47 Å². The van der Waals surface area contributed by atoms with Crippen molar-refractivity contribution in [1.82, 2.24) is 34.8 Å². The lowest BCUT2D eigenvalue weighted by atomic mass is 10.2. The molecule has 0 aliphatic carbocycles. The molecule has 6 rings (SSSR count). The minimum absolute atomic E-state index is 0.550. The molecular formula is C31H31N7O2. The van der Waals surface area contributed by atoms with Crippen LogP contribution in [0.1, 0.15) is 11.1 Å². The topological polar surface area (TPSA) is 105 Å². The number of fused-ring (bicyclic) bond motifs is 2. The predicted molar refractivity (Wildman–Crippen MR) is 157 cm³/mol. The molecule has 0 spiro atoms. The molecule has 0 aliphatic rings. The zero-order valence-electron chi connectivity index (χ0n) is 22.8. The third-order valence-corrected chi connectivity index (χ3v) is 6.72. The van der Waals surface area contributed by atoms with Crippen LogP contribution in [-0.2, 0) is 0 Å². The van der Waals surface area contributed by atoms with E-state index in [1.807, 2.05) is 43.4 Å². The predicted octanol–water partition coefficient (Wildman–Crippen LogP) is 5.57. The lowest BCUT2D eigenvalue weighted by molar-refractivity contribution is 0.201. The van der Waals surface area contributed by atoms with E-state index in [1.54, 1.807) is 12.4 Å². The van der Waals surface area contributed by atoms with E-state index in [9.17, 15) is 0 Å². The van der Waals surface area contributed by atoms with Crippen molar-refractivity contribution in [3.8, 4) is 34.5 Å². The highest BCUT2D eigenvalue weighted by molar-refractivity contribution is 5.80. The molecule has 0 amide bonds. The van der Waals surface area contributed by atoms with Crippen LogP contribution in [0.2, 0.25) is 0 Å². The van der Waals surface area contributed by atoms with Gasteiger partial charge in [-0.05, 0) is 80.6 Å². The van der Waals surface area contributed by atoms with Crippen molar-refractivity contribution in [2.75, 3.05) is 33.4 Å². The summed E-state index contributed by atoms with van der Waals surface area (Å²) in [6.45, 7) is 6.75. The minimum Gasteiger partial charge on any atom is -0.491 e. The molecule has 9 nitrogen and oxygen atoms in total. The van der Waals surface area contributed by atoms with Crippen LogP contribution in [0.25, 0.3) is 45.1 Å². The van der Waals surface area contributed by atoms with Gasteiger partial charge in [0, 0.05) is 13.1 Å². The Balaban J connectivity index is 0.937. The summed E-state index contributed by atoms with van der Waals surface area (Å²) in [6.07, 6.45) is 3.47. The standard InChI is InChI=1S/C31H31N7O2/c1-20-4-8-24-28(16-20)36-30(34-24)26-10-6-22(18-32-26)39-14-12-38(3)13-15-40-23-7-11-27(33-19-23)31-35-25-9-5-21(2)17-29(25)37-31/h4-11,16-19H,12-15H2,1-3H3,(H,34,36)(H,35,37). The van der Waals surface area contributed by atoms with Crippen molar-refractivity contribution in [3.05, 3.63) is 84.2 Å². The van der Waals surface area contributed by atoms with E-state index >= 15 is 0 Å². The Labute approximate surface area is 232 Å². The van der Waals surface area contributed by atoms with Crippen LogP contribution in [0.4, 0.5) is 0 Å². The Morgan fingerprint density at radius 2 is 1.12 bits per heavy atom. The van der Waals surface area contributed by atoms with Gasteiger partial charge in [0.2, 0.25) is 0 Å². The Kier molecular flexibility index (Phi) is 7.11. The summed E-state index contributed by atoms with van der Waals surface area (Å²) in [6, 6.07) is 20.0. The Bertz CT molecular complexity index is 1610. The molecule has 4 heterocycles. The van der Waals surface area contributed by atoms with Crippen LogP contribution in [0.3, 0.4) is 0 Å². The third-order valence-electron chi connectivity index (χ3n) is 6.72. The average Bonchev–Trinajstić information content (AvgIpc) is 3.57. The Morgan fingerprint density at radius 1 is 0.650 bits per heavy atom. The second-order valence-electron chi connectivity index (χ2n) is 9.97. The molecule has 2 N–H and O–H groups in total. The fourth-order valence-electron chi connectivity index (χ4n) is 4.45. The molecule has 40 heavy (non-hydrogen) atoms. The van der Waals surface area contributed by atoms with E-state index in [-0.39, 0.29) is 0 Å². The van der Waals surface area contributed by atoms with Crippen molar-refractivity contribution in [2.45, 2.75) is 13.8 Å². The largest absolute Gasteiger partial charge is 0.491 e. The van der Waals surface area contributed by atoms with Crippen molar-refractivity contribution in [3.63, 3.8) is 0 Å². The molecule has 0 aliphatic heterocycles. The summed E-state index contributed by atoms with van der Waals surface area (Å²) >= 11 is 0. The number of rotatable bonds is 10. The maximum absolute atomic E-state index is 5.90. The van der Waals surface area contributed by atoms with Crippen molar-refractivity contribution >= 4 is 22.1 Å². The second kappa shape index (κ2) is 11.2. The van der Waals surface area contributed by atoms with E-state index in [2.05, 4.69) is 72.9 Å². The number of benzene rings is 2. The summed E-state index contributed by atoms with van der Waals surface area (Å²) in [7, 11) is 2.04. The average molecular weight is 534 g/mol. The Morgan fingerprint density at radius 3 is 1.55 bits per heavy atom. The third kappa shape index (κ3) is 5.79.